The summed E-state index contributed by atoms with van der Waals surface area (Å²) in [5.41, 5.74) is -0.0856. The molecule has 0 spiro atoms. The van der Waals surface area contributed by atoms with Gasteiger partial charge < -0.3 is 14.7 Å². The normalized spacial score (nSPS) is 13.3. The Balaban J connectivity index is 2.28. The van der Waals surface area contributed by atoms with Crippen molar-refractivity contribution in [1.29, 1.82) is 0 Å². The number of rotatable bonds is 3. The Bertz CT molecular complexity index is 967. The second kappa shape index (κ2) is 6.62. The van der Waals surface area contributed by atoms with Crippen molar-refractivity contribution < 1.29 is 23.8 Å². The van der Waals surface area contributed by atoms with E-state index in [-0.39, 0.29) is 35.9 Å². The van der Waals surface area contributed by atoms with E-state index in [2.05, 4.69) is 0 Å². The van der Waals surface area contributed by atoms with Gasteiger partial charge in [0.25, 0.3) is 5.56 Å². The first-order chi connectivity index (χ1) is 12.3. The molecule has 3 rings (SSSR count). The van der Waals surface area contributed by atoms with Gasteiger partial charge in [-0.1, -0.05) is 0 Å². The zero-order valence-corrected chi connectivity index (χ0v) is 14.3. The molecule has 0 unspecified atom stereocenters. The van der Waals surface area contributed by atoms with Crippen molar-refractivity contribution in [3.63, 3.8) is 0 Å². The number of pyridine rings is 1. The minimum Gasteiger partial charge on any atom is -0.495 e. The van der Waals surface area contributed by atoms with Crippen molar-refractivity contribution in [2.45, 2.75) is 19.9 Å². The third-order valence-corrected chi connectivity index (χ3v) is 4.46. The third kappa shape index (κ3) is 2.94. The molecule has 1 aliphatic heterocycles. The van der Waals surface area contributed by atoms with Gasteiger partial charge >= 0.3 is 5.97 Å². The predicted octanol–water partition coefficient (Wildman–Crippen LogP) is 1.59. The monoisotopic (exact) mass is 360 g/mol. The average molecular weight is 360 g/mol. The van der Waals surface area contributed by atoms with Gasteiger partial charge in [-0.2, -0.15) is 0 Å². The Morgan fingerprint density at radius 2 is 2.04 bits per heavy atom. The molecule has 0 bridgehead atoms. The van der Waals surface area contributed by atoms with Gasteiger partial charge in [-0.25, -0.2) is 9.18 Å². The lowest BCUT2D eigenvalue weighted by atomic mass is 9.96. The summed E-state index contributed by atoms with van der Waals surface area (Å²) in [7, 11) is 1.37. The second-order valence-corrected chi connectivity index (χ2v) is 5.99. The van der Waals surface area contributed by atoms with Gasteiger partial charge in [0.15, 0.2) is 0 Å². The molecular weight excluding hydrogens is 343 g/mol. The first-order valence-corrected chi connectivity index (χ1v) is 7.93. The smallest absolute Gasteiger partial charge is 0.341 e. The fourth-order valence-electron chi connectivity index (χ4n) is 3.18. The number of benzene rings is 1. The van der Waals surface area contributed by atoms with E-state index in [0.717, 1.165) is 10.6 Å². The lowest BCUT2D eigenvalue weighted by Crippen LogP contribution is -2.38. The van der Waals surface area contributed by atoms with Crippen molar-refractivity contribution in [1.82, 2.24) is 9.47 Å². The number of hydrogen-bond donors (Lipinski definition) is 1. The number of aromatic nitrogens is 1. The van der Waals surface area contributed by atoms with Gasteiger partial charge in [0, 0.05) is 32.3 Å². The highest BCUT2D eigenvalue weighted by molar-refractivity contribution is 5.89. The van der Waals surface area contributed by atoms with E-state index in [1.807, 2.05) is 0 Å². The van der Waals surface area contributed by atoms with Crippen molar-refractivity contribution in [2.75, 3.05) is 13.7 Å². The third-order valence-electron chi connectivity index (χ3n) is 4.46. The summed E-state index contributed by atoms with van der Waals surface area (Å²) in [6.45, 7) is 1.95. The number of hydrogen-bond acceptors (Lipinski definition) is 4. The van der Waals surface area contributed by atoms with Gasteiger partial charge in [-0.3, -0.25) is 14.2 Å². The number of methoxy groups -OCH3 is 1. The number of nitrogens with zero attached hydrogens (tertiary/aromatic N) is 2. The highest BCUT2D eigenvalue weighted by atomic mass is 19.1. The van der Waals surface area contributed by atoms with Crippen LogP contribution in [0.2, 0.25) is 0 Å². The average Bonchev–Trinajstić information content (AvgIpc) is 2.60. The molecule has 1 amide bonds. The van der Waals surface area contributed by atoms with Gasteiger partial charge in [0.05, 0.1) is 12.8 Å². The molecule has 136 valence electrons. The highest BCUT2D eigenvalue weighted by Crippen LogP contribution is 2.26. The Kier molecular flexibility index (Phi) is 4.50. The van der Waals surface area contributed by atoms with Crippen LogP contribution < -0.4 is 10.3 Å². The maximum atomic E-state index is 13.7. The molecular formula is C18H17FN2O5. The van der Waals surface area contributed by atoms with Gasteiger partial charge in [-0.15, -0.1) is 0 Å². The van der Waals surface area contributed by atoms with Gasteiger partial charge in [-0.05, 0) is 29.7 Å². The molecule has 0 atom stereocenters. The van der Waals surface area contributed by atoms with Gasteiger partial charge in [0.2, 0.25) is 5.91 Å². The van der Waals surface area contributed by atoms with E-state index in [1.165, 1.54) is 32.4 Å². The van der Waals surface area contributed by atoms with Crippen LogP contribution in [0, 0.1) is 5.82 Å². The quantitative estimate of drug-likeness (QED) is 0.898. The van der Waals surface area contributed by atoms with Crippen LogP contribution >= 0.6 is 0 Å². The van der Waals surface area contributed by atoms with Crippen LogP contribution in [0.5, 0.6) is 5.75 Å². The van der Waals surface area contributed by atoms with Crippen molar-refractivity contribution in [3.05, 3.63) is 57.3 Å². The van der Waals surface area contributed by atoms with Crippen LogP contribution in [0.4, 0.5) is 4.39 Å². The van der Waals surface area contributed by atoms with E-state index in [9.17, 15) is 23.9 Å². The van der Waals surface area contributed by atoms with Gasteiger partial charge in [0.1, 0.15) is 17.1 Å². The number of carboxylic acids is 1. The number of halogens is 1. The highest BCUT2D eigenvalue weighted by Gasteiger charge is 2.27. The number of carboxylic acid groups (broad SMARTS) is 1. The summed E-state index contributed by atoms with van der Waals surface area (Å²) >= 11 is 0. The number of ether oxygens (including phenoxy) is 1. The van der Waals surface area contributed by atoms with Crippen LogP contribution in [0.1, 0.15) is 28.4 Å². The molecule has 1 aromatic heterocycles. The van der Waals surface area contributed by atoms with E-state index >= 15 is 0 Å². The Hall–Kier alpha value is -3.16. The zero-order chi connectivity index (χ0) is 19.0. The summed E-state index contributed by atoms with van der Waals surface area (Å²) in [5, 5.41) is 9.55. The Morgan fingerprint density at radius 1 is 1.31 bits per heavy atom. The number of aromatic carboxylic acids is 1. The molecule has 0 fully saturated rings. The largest absolute Gasteiger partial charge is 0.495 e. The molecule has 1 aromatic carbocycles. The molecule has 26 heavy (non-hydrogen) atoms. The zero-order valence-electron chi connectivity index (χ0n) is 14.3. The number of amides is 1. The first kappa shape index (κ1) is 17.7. The lowest BCUT2D eigenvalue weighted by molar-refractivity contribution is -0.129. The Labute approximate surface area is 148 Å². The minimum absolute atomic E-state index is 0.0998. The molecule has 0 saturated carbocycles. The summed E-state index contributed by atoms with van der Waals surface area (Å²) in [5.74, 6) is -1.86. The fourth-order valence-corrected chi connectivity index (χ4v) is 3.18. The summed E-state index contributed by atoms with van der Waals surface area (Å²) < 4.78 is 20.0. The fraction of sp³-hybridized carbons (Fsp3) is 0.278. The standard InChI is InChI=1S/C18H17FN2O5/c1-10(22)20-6-5-13-11(8-20)9-21(17(23)16(13)18(24)25)14-7-12(19)3-4-15(14)26-2/h3-4,7,9H,5-6,8H2,1-2H3,(H,24,25). The predicted molar refractivity (Wildman–Crippen MR) is 90.3 cm³/mol. The van der Waals surface area contributed by atoms with E-state index in [4.69, 9.17) is 4.74 Å². The maximum Gasteiger partial charge on any atom is 0.341 e. The van der Waals surface area contributed by atoms with Crippen molar-refractivity contribution in [3.8, 4) is 11.4 Å². The minimum atomic E-state index is -1.35. The lowest BCUT2D eigenvalue weighted by Gasteiger charge is -2.29. The first-order valence-electron chi connectivity index (χ1n) is 7.93. The Morgan fingerprint density at radius 3 is 2.65 bits per heavy atom. The van der Waals surface area contributed by atoms with Crippen molar-refractivity contribution in [2.24, 2.45) is 0 Å². The second-order valence-electron chi connectivity index (χ2n) is 5.99. The van der Waals surface area contributed by atoms with Crippen LogP contribution in [0.15, 0.2) is 29.2 Å². The molecule has 0 radical (unpaired) electrons. The molecule has 7 nitrogen and oxygen atoms in total. The molecule has 0 aliphatic carbocycles. The number of carbonyl (C=O) groups is 2. The molecule has 8 heteroatoms. The molecule has 1 N–H and O–H groups in total. The topological polar surface area (TPSA) is 88.8 Å². The van der Waals surface area contributed by atoms with Crippen LogP contribution in [-0.2, 0) is 17.8 Å². The summed E-state index contributed by atoms with van der Waals surface area (Å²) in [6.07, 6.45) is 1.73. The SMILES string of the molecule is COc1ccc(F)cc1-n1cc2c(c(C(=O)O)c1=O)CCN(C(C)=O)C2. The van der Waals surface area contributed by atoms with E-state index < -0.39 is 17.3 Å². The van der Waals surface area contributed by atoms with Crippen LogP contribution in [-0.4, -0.2) is 40.1 Å². The molecule has 0 saturated heterocycles. The summed E-state index contributed by atoms with van der Waals surface area (Å²) in [4.78, 5) is 37.7. The van der Waals surface area contributed by atoms with Crippen LogP contribution in [0.25, 0.3) is 5.69 Å². The molecule has 2 heterocycles. The van der Waals surface area contributed by atoms with Crippen molar-refractivity contribution >= 4 is 11.9 Å². The molecule has 1 aliphatic rings. The van der Waals surface area contributed by atoms with E-state index in [1.54, 1.807) is 4.90 Å². The number of carbonyl (C=O) groups excluding carboxylic acids is 1. The molecule has 2 aromatic rings. The van der Waals surface area contributed by atoms with Crippen LogP contribution in [0.3, 0.4) is 0 Å². The number of fused-ring (bicyclic) bond motifs is 1. The summed E-state index contributed by atoms with van der Waals surface area (Å²) in [6, 6.07) is 3.64. The van der Waals surface area contributed by atoms with E-state index in [0.29, 0.717) is 17.7 Å². The maximum absolute atomic E-state index is 13.7.